The monoisotopic (exact) mass is 453 g/mol. The number of nitrogens with one attached hydrogen (secondary N) is 1. The third kappa shape index (κ3) is 4.65. The lowest BCUT2D eigenvalue weighted by molar-refractivity contribution is -0.263. The molecule has 2 rings (SSSR count). The predicted octanol–water partition coefficient (Wildman–Crippen LogP) is 3.48. The number of hydrogen-bond acceptors (Lipinski definition) is 7. The minimum atomic E-state index is -1.20. The molecule has 184 valence electrons. The zero-order chi connectivity index (χ0) is 25.1. The van der Waals surface area contributed by atoms with Crippen LogP contribution in [0.25, 0.3) is 0 Å². The van der Waals surface area contributed by atoms with Crippen molar-refractivity contribution in [2.24, 2.45) is 5.41 Å². The highest BCUT2D eigenvalue weighted by Crippen LogP contribution is 2.52. The van der Waals surface area contributed by atoms with Crippen LogP contribution < -0.4 is 5.32 Å². The quantitative estimate of drug-likeness (QED) is 0.584. The van der Waals surface area contributed by atoms with Crippen LogP contribution in [0.2, 0.25) is 0 Å². The Morgan fingerprint density at radius 1 is 0.719 bits per heavy atom. The Balaban J connectivity index is 2.55. The van der Waals surface area contributed by atoms with Crippen molar-refractivity contribution >= 4 is 17.5 Å². The Morgan fingerprint density at radius 3 is 1.38 bits per heavy atom. The topological polar surface area (TPSA) is 110 Å². The lowest BCUT2D eigenvalue weighted by atomic mass is 9.58. The van der Waals surface area contributed by atoms with Crippen molar-refractivity contribution in [3.63, 3.8) is 0 Å². The van der Waals surface area contributed by atoms with Crippen LogP contribution in [0.15, 0.2) is 0 Å². The molecule has 2 aliphatic heterocycles. The summed E-state index contributed by atoms with van der Waals surface area (Å²) in [7, 11) is 0. The summed E-state index contributed by atoms with van der Waals surface area (Å²) >= 11 is 0. The summed E-state index contributed by atoms with van der Waals surface area (Å²) in [4.78, 5) is 39.4. The minimum absolute atomic E-state index is 0.0269. The van der Waals surface area contributed by atoms with E-state index in [1.807, 2.05) is 55.4 Å². The number of Topliss-reactive ketones (excluding diaryl/α,β-unsaturated/α-hetero) is 2. The van der Waals surface area contributed by atoms with Crippen LogP contribution in [0.5, 0.6) is 0 Å². The van der Waals surface area contributed by atoms with Gasteiger partial charge in [0, 0.05) is 40.9 Å². The maximum absolute atomic E-state index is 14.1. The Bertz CT molecular complexity index is 763. The van der Waals surface area contributed by atoms with Crippen LogP contribution in [0, 0.1) is 5.41 Å². The van der Waals surface area contributed by atoms with E-state index in [-0.39, 0.29) is 36.7 Å². The van der Waals surface area contributed by atoms with E-state index in [2.05, 4.69) is 5.32 Å². The van der Waals surface area contributed by atoms with Crippen molar-refractivity contribution < 1.29 is 24.8 Å². The van der Waals surface area contributed by atoms with Gasteiger partial charge in [0.05, 0.1) is 0 Å². The second-order valence-corrected chi connectivity index (χ2v) is 12.8. The van der Waals surface area contributed by atoms with Gasteiger partial charge in [-0.1, -0.05) is 0 Å². The number of ketones is 2. The van der Waals surface area contributed by atoms with Gasteiger partial charge in [-0.05, 0) is 88.0 Å². The molecule has 32 heavy (non-hydrogen) atoms. The molecule has 1 amide bonds. The minimum Gasteiger partial charge on any atom is -0.344 e. The third-order valence-electron chi connectivity index (χ3n) is 7.50. The van der Waals surface area contributed by atoms with E-state index >= 15 is 0 Å². The van der Waals surface area contributed by atoms with Gasteiger partial charge in [0.1, 0.15) is 11.3 Å². The SMILES string of the molecule is CC(=O)NC1(C(=O)CC2(C(C)=O)CC(C)(C)N(O)C(C)(C)C2)CC(C)(C)N(O)C(C)(C)C1. The van der Waals surface area contributed by atoms with Gasteiger partial charge in [-0.3, -0.25) is 14.4 Å². The van der Waals surface area contributed by atoms with Gasteiger partial charge in [0.15, 0.2) is 5.78 Å². The summed E-state index contributed by atoms with van der Waals surface area (Å²) in [6, 6.07) is 0. The van der Waals surface area contributed by atoms with Gasteiger partial charge < -0.3 is 15.7 Å². The summed E-state index contributed by atoms with van der Waals surface area (Å²) < 4.78 is 0. The highest BCUT2D eigenvalue weighted by molar-refractivity contribution is 5.97. The first kappa shape index (κ1) is 26.9. The Hall–Kier alpha value is -1.35. The lowest BCUT2D eigenvalue weighted by Crippen LogP contribution is -2.71. The fraction of sp³-hybridized carbons (Fsp3) is 0.875. The molecule has 0 saturated carbocycles. The van der Waals surface area contributed by atoms with E-state index in [4.69, 9.17) is 0 Å². The first-order valence-electron chi connectivity index (χ1n) is 11.4. The van der Waals surface area contributed by atoms with Crippen LogP contribution in [-0.2, 0) is 14.4 Å². The van der Waals surface area contributed by atoms with E-state index in [1.54, 1.807) is 0 Å². The predicted molar refractivity (Wildman–Crippen MR) is 121 cm³/mol. The van der Waals surface area contributed by atoms with Gasteiger partial charge in [-0.2, -0.15) is 10.1 Å². The molecular formula is C24H43N3O5. The third-order valence-corrected chi connectivity index (χ3v) is 7.50. The second kappa shape index (κ2) is 7.86. The molecule has 8 nitrogen and oxygen atoms in total. The number of carbonyl (C=O) groups is 3. The molecule has 0 unspecified atom stereocenters. The molecule has 0 aliphatic carbocycles. The molecule has 2 aliphatic rings. The Morgan fingerprint density at radius 2 is 1.06 bits per heavy atom. The maximum atomic E-state index is 14.1. The van der Waals surface area contributed by atoms with E-state index in [0.717, 1.165) is 0 Å². The first-order valence-corrected chi connectivity index (χ1v) is 11.4. The van der Waals surface area contributed by atoms with Crippen molar-refractivity contribution in [3.8, 4) is 0 Å². The van der Waals surface area contributed by atoms with E-state index in [0.29, 0.717) is 12.8 Å². The van der Waals surface area contributed by atoms with E-state index in [9.17, 15) is 24.8 Å². The second-order valence-electron chi connectivity index (χ2n) is 12.8. The molecule has 2 heterocycles. The number of nitrogens with zero attached hydrogens (tertiary/aromatic N) is 2. The standard InChI is InChI=1S/C24H43N3O5/c1-16(28)23(12-19(3,4)26(31)20(5,6)13-23)11-18(30)24(25-17(2)29)14-21(7,8)27(32)22(9,10)15-24/h31-32H,11-15H2,1-10H3,(H,25,29). The average Bonchev–Trinajstić information content (AvgIpc) is 2.55. The summed E-state index contributed by atoms with van der Waals surface area (Å²) in [6.45, 7) is 17.8. The molecule has 2 saturated heterocycles. The van der Waals surface area contributed by atoms with Crippen molar-refractivity contribution in [2.75, 3.05) is 0 Å². The van der Waals surface area contributed by atoms with Crippen LogP contribution in [-0.4, -0.2) is 65.7 Å². The van der Waals surface area contributed by atoms with E-state index < -0.39 is 33.1 Å². The van der Waals surface area contributed by atoms with Crippen LogP contribution in [0.4, 0.5) is 0 Å². The molecule has 0 spiro atoms. The summed E-state index contributed by atoms with van der Waals surface area (Å²) in [5, 5.41) is 27.0. The van der Waals surface area contributed by atoms with E-state index in [1.165, 1.54) is 24.0 Å². The molecule has 0 radical (unpaired) electrons. The normalized spacial score (nSPS) is 28.0. The Labute approximate surface area is 192 Å². The zero-order valence-electron chi connectivity index (χ0n) is 21.5. The molecule has 0 aromatic heterocycles. The molecule has 2 fully saturated rings. The fourth-order valence-electron chi connectivity index (χ4n) is 6.86. The molecule has 0 aromatic carbocycles. The van der Waals surface area contributed by atoms with Gasteiger partial charge in [0.2, 0.25) is 5.91 Å². The number of hydroxylamine groups is 4. The van der Waals surface area contributed by atoms with Gasteiger partial charge in [-0.15, -0.1) is 0 Å². The molecule has 3 N–H and O–H groups in total. The van der Waals surface area contributed by atoms with Crippen molar-refractivity contribution in [1.29, 1.82) is 0 Å². The molecular weight excluding hydrogens is 410 g/mol. The van der Waals surface area contributed by atoms with Crippen LogP contribution in [0.1, 0.15) is 101 Å². The lowest BCUT2D eigenvalue weighted by Gasteiger charge is -2.58. The zero-order valence-corrected chi connectivity index (χ0v) is 21.5. The van der Waals surface area contributed by atoms with Gasteiger partial charge >= 0.3 is 0 Å². The number of hydrogen-bond donors (Lipinski definition) is 3. The smallest absolute Gasteiger partial charge is 0.217 e. The van der Waals surface area contributed by atoms with Crippen LogP contribution >= 0.6 is 0 Å². The Kier molecular flexibility index (Phi) is 6.61. The van der Waals surface area contributed by atoms with Crippen LogP contribution in [0.3, 0.4) is 0 Å². The maximum Gasteiger partial charge on any atom is 0.217 e. The molecule has 0 bridgehead atoms. The largest absolute Gasteiger partial charge is 0.344 e. The summed E-state index contributed by atoms with van der Waals surface area (Å²) in [6.07, 6.45) is 1.09. The number of amides is 1. The fourth-order valence-corrected chi connectivity index (χ4v) is 6.86. The number of piperidine rings is 2. The summed E-state index contributed by atoms with van der Waals surface area (Å²) in [5.74, 6) is -0.606. The number of carbonyl (C=O) groups excluding carboxylic acids is 3. The van der Waals surface area contributed by atoms with Crippen molar-refractivity contribution in [1.82, 2.24) is 15.4 Å². The van der Waals surface area contributed by atoms with Crippen molar-refractivity contribution in [2.45, 2.75) is 129 Å². The first-order chi connectivity index (χ1) is 14.1. The summed E-state index contributed by atoms with van der Waals surface area (Å²) in [5.41, 5.74) is -5.11. The van der Waals surface area contributed by atoms with Crippen molar-refractivity contribution in [3.05, 3.63) is 0 Å². The highest BCUT2D eigenvalue weighted by atomic mass is 16.5. The van der Waals surface area contributed by atoms with Gasteiger partial charge in [-0.25, -0.2) is 0 Å². The number of rotatable bonds is 5. The molecule has 0 aromatic rings. The van der Waals surface area contributed by atoms with Gasteiger partial charge in [0.25, 0.3) is 0 Å². The molecule has 8 heteroatoms. The average molecular weight is 454 g/mol. The highest BCUT2D eigenvalue weighted by Gasteiger charge is 2.60. The molecule has 0 atom stereocenters.